The van der Waals surface area contributed by atoms with Crippen LogP contribution in [0.1, 0.15) is 264 Å². The molecule has 624 valence electrons. The summed E-state index contributed by atoms with van der Waals surface area (Å²) in [5.74, 6) is 4.63. The molecule has 115 heavy (non-hydrogen) atoms. The fourth-order valence-electron chi connectivity index (χ4n) is 10.3. The van der Waals surface area contributed by atoms with Crippen molar-refractivity contribution in [3.05, 3.63) is 341 Å². The van der Waals surface area contributed by atoms with Crippen LogP contribution in [0.3, 0.4) is 0 Å². The fraction of sp³-hybridized carbons (Fsp3) is 0.406. The Morgan fingerprint density at radius 2 is 0.722 bits per heavy atom. The molecule has 0 bridgehead atoms. The number of phenolic OH excluding ortho intramolecular Hbond substituents is 1. The SMILES string of the molecule is CC(C)(C)c1ccc(O)cc1.CC(C)(C)c1ccccc1.CC(C)(C)c1cccnc1.CC(C)(C)c1ccncc1.CC(C)c1ccc(N(C)C)cc1.CC(C)c1ccc(N)cc1.CC(C)c1ccccn1.CCN(CC)c1ccc(C(C)C)cc1.CCOc1ccc(C)cc1.Cc1ccc(C)cc1.Cc1ccc(OC(C)C)cc1. The second-order valence-electron chi connectivity index (χ2n) is 34.6. The summed E-state index contributed by atoms with van der Waals surface area (Å²) in [6, 6.07) is 82.4. The second kappa shape index (κ2) is 54.7. The van der Waals surface area contributed by atoms with Crippen LogP contribution in [0.15, 0.2) is 274 Å². The van der Waals surface area contributed by atoms with Gasteiger partial charge in [-0.15, -0.1) is 0 Å². The quantitative estimate of drug-likeness (QED) is 0.116. The standard InChI is InChI=1S/C13H21N.C11H17N.2C10H14O.C10H14.3C9H13N.C9H12O.C8H11N.C8H10/c1-5-14(6-2)13-9-7-12(8-10-13)11(3)4;1-9(2)10-5-7-11(8-6-10)12(3)4;1-10(2,3)8-4-6-9(11)7-5-8;1-8(2)11-10-6-4-9(3)5-7-10;1-10(2,3)9-7-5-4-6-8-9;1-9(2,3)8-4-6-10-7-5-8;1-9(2,3)8-5-4-6-10-7-8;1-7(2)8-3-5-9(10)6-4-8;1-3-10-9-6-4-8(2)5-7-9;1-7(2)8-5-3-4-6-9-8;1-7-3-5-8(2)6-4-7/h7-11H,5-6H2,1-4H3;5-9H,1-4H3;4-7,11H,1-3H3;4-8H,1-3H3;4-8H,1-3H3;2*4-7H,1-3H3;3-7H,10H2,1-2H3;4-7H,3H2,1-2H3;3-7H,1-2H3;3-6H,1-2H3. The maximum Gasteiger partial charge on any atom is 0.119 e. The van der Waals surface area contributed by atoms with Gasteiger partial charge in [0.15, 0.2) is 0 Å². The highest BCUT2D eigenvalue weighted by Gasteiger charge is 2.15. The van der Waals surface area contributed by atoms with Crippen LogP contribution in [-0.4, -0.2) is 60.0 Å². The molecule has 3 aromatic heterocycles. The van der Waals surface area contributed by atoms with Crippen LogP contribution >= 0.6 is 0 Å². The molecule has 3 N–H and O–H groups in total. The lowest BCUT2D eigenvalue weighted by molar-refractivity contribution is 0.242. The molecule has 11 aromatic rings. The summed E-state index contributed by atoms with van der Waals surface area (Å²) in [6.45, 7) is 65.4. The van der Waals surface area contributed by atoms with Crippen molar-refractivity contribution in [2.24, 2.45) is 0 Å². The van der Waals surface area contributed by atoms with Gasteiger partial charge in [0.1, 0.15) is 17.2 Å². The van der Waals surface area contributed by atoms with Gasteiger partial charge in [-0.3, -0.25) is 15.0 Å². The van der Waals surface area contributed by atoms with Crippen LogP contribution in [0.4, 0.5) is 17.1 Å². The number of ether oxygens (including phenoxy) is 2. The molecule has 0 saturated heterocycles. The molecule has 0 atom stereocenters. The van der Waals surface area contributed by atoms with E-state index >= 15 is 0 Å². The summed E-state index contributed by atoms with van der Waals surface area (Å²) in [7, 11) is 4.12. The minimum absolute atomic E-state index is 0.174. The number of pyridine rings is 3. The first-order valence-electron chi connectivity index (χ1n) is 41.4. The first-order valence-corrected chi connectivity index (χ1v) is 41.4. The molecule has 9 heteroatoms. The number of aromatic hydroxyl groups is 1. The first kappa shape index (κ1) is 103. The molecule has 3 heterocycles. The maximum atomic E-state index is 9.02. The van der Waals surface area contributed by atoms with Crippen molar-refractivity contribution in [2.75, 3.05) is 49.3 Å². The Morgan fingerprint density at radius 1 is 0.357 bits per heavy atom. The topological polar surface area (TPSA) is 110 Å². The van der Waals surface area contributed by atoms with Crippen LogP contribution in [-0.2, 0) is 21.7 Å². The summed E-state index contributed by atoms with van der Waals surface area (Å²) in [5, 5.41) is 9.02. The van der Waals surface area contributed by atoms with Gasteiger partial charge in [0.2, 0.25) is 0 Å². The molecule has 0 radical (unpaired) electrons. The number of aryl methyl sites for hydroxylation is 4. The van der Waals surface area contributed by atoms with E-state index in [9.17, 15) is 0 Å². The number of nitrogen functional groups attached to an aromatic ring is 1. The minimum atomic E-state index is 0.174. The molecule has 0 unspecified atom stereocenters. The van der Waals surface area contributed by atoms with E-state index in [1.54, 1.807) is 18.3 Å². The summed E-state index contributed by atoms with van der Waals surface area (Å²) < 4.78 is 10.7. The maximum absolute atomic E-state index is 9.02. The number of hydrogen-bond acceptors (Lipinski definition) is 9. The third-order valence-corrected chi connectivity index (χ3v) is 18.0. The van der Waals surface area contributed by atoms with Gasteiger partial charge in [-0.2, -0.15) is 0 Å². The number of phenols is 1. The number of nitrogens with zero attached hydrogens (tertiary/aromatic N) is 5. The van der Waals surface area contributed by atoms with Crippen molar-refractivity contribution >= 4 is 17.1 Å². The number of benzene rings is 8. The highest BCUT2D eigenvalue weighted by Crippen LogP contribution is 2.27. The van der Waals surface area contributed by atoms with E-state index in [4.69, 9.17) is 20.3 Å². The molecule has 0 spiro atoms. The van der Waals surface area contributed by atoms with E-state index in [1.807, 2.05) is 130 Å². The Labute approximate surface area is 701 Å². The van der Waals surface area contributed by atoms with Gasteiger partial charge in [-0.25, -0.2) is 0 Å². The summed E-state index contributed by atoms with van der Waals surface area (Å²) in [5.41, 5.74) is 25.7. The average Bonchev–Trinajstić information content (AvgIpc) is 0.905. The van der Waals surface area contributed by atoms with Gasteiger partial charge in [0, 0.05) is 80.9 Å². The number of hydrogen-bond donors (Lipinski definition) is 2. The lowest BCUT2D eigenvalue weighted by Gasteiger charge is -2.21. The largest absolute Gasteiger partial charge is 0.508 e. The van der Waals surface area contributed by atoms with Gasteiger partial charge >= 0.3 is 0 Å². The molecular formula is C106H152N6O3. The molecule has 8 aromatic carbocycles. The average molecular weight is 1560 g/mol. The summed E-state index contributed by atoms with van der Waals surface area (Å²) in [4.78, 5) is 16.7. The van der Waals surface area contributed by atoms with Crippen molar-refractivity contribution in [1.29, 1.82) is 0 Å². The zero-order valence-corrected chi connectivity index (χ0v) is 77.1. The Balaban J connectivity index is 0.000000634. The molecule has 0 aliphatic carbocycles. The highest BCUT2D eigenvalue weighted by atomic mass is 16.5. The molecule has 0 amide bonds. The first-order chi connectivity index (χ1) is 53.9. The molecule has 0 aliphatic heterocycles. The van der Waals surface area contributed by atoms with E-state index in [-0.39, 0.29) is 22.3 Å². The molecular weight excluding hydrogens is 1410 g/mol. The number of nitrogens with two attached hydrogens (primary N) is 1. The van der Waals surface area contributed by atoms with E-state index in [1.165, 1.54) is 72.6 Å². The second-order valence-corrected chi connectivity index (χ2v) is 34.6. The van der Waals surface area contributed by atoms with E-state index < -0.39 is 0 Å². The van der Waals surface area contributed by atoms with Gasteiger partial charge in [0.05, 0.1) is 12.7 Å². The molecule has 9 nitrogen and oxygen atoms in total. The molecule has 0 aliphatic rings. The number of aromatic nitrogens is 3. The minimum Gasteiger partial charge on any atom is -0.508 e. The van der Waals surface area contributed by atoms with Gasteiger partial charge in [-0.05, 0) is 250 Å². The van der Waals surface area contributed by atoms with Crippen LogP contribution in [0.25, 0.3) is 0 Å². The Morgan fingerprint density at radius 3 is 1.03 bits per heavy atom. The van der Waals surface area contributed by atoms with Crippen molar-refractivity contribution in [3.63, 3.8) is 0 Å². The van der Waals surface area contributed by atoms with Crippen LogP contribution < -0.4 is 25.0 Å². The van der Waals surface area contributed by atoms with Gasteiger partial charge < -0.3 is 30.1 Å². The third-order valence-electron chi connectivity index (χ3n) is 18.0. The smallest absolute Gasteiger partial charge is 0.119 e. The monoisotopic (exact) mass is 1560 g/mol. The lowest BCUT2D eigenvalue weighted by Crippen LogP contribution is -2.21. The predicted molar refractivity (Wildman–Crippen MR) is 505 cm³/mol. The van der Waals surface area contributed by atoms with Crippen LogP contribution in [0, 0.1) is 27.7 Å². The molecule has 0 saturated carbocycles. The van der Waals surface area contributed by atoms with Gasteiger partial charge in [0.25, 0.3) is 0 Å². The molecule has 11 rings (SSSR count). The van der Waals surface area contributed by atoms with E-state index in [0.717, 1.165) is 42.6 Å². The third kappa shape index (κ3) is 47.5. The molecule has 0 fully saturated rings. The Kier molecular flexibility index (Phi) is 49.0. The zero-order valence-electron chi connectivity index (χ0n) is 77.1. The lowest BCUT2D eigenvalue weighted by atomic mass is 9.87. The van der Waals surface area contributed by atoms with E-state index in [0.29, 0.717) is 34.8 Å². The van der Waals surface area contributed by atoms with Crippen molar-refractivity contribution in [2.45, 2.75) is 252 Å². The summed E-state index contributed by atoms with van der Waals surface area (Å²) >= 11 is 0. The van der Waals surface area contributed by atoms with E-state index in [2.05, 4.69) is 364 Å². The van der Waals surface area contributed by atoms with Crippen molar-refractivity contribution in [3.8, 4) is 17.2 Å². The van der Waals surface area contributed by atoms with Gasteiger partial charge in [-0.1, -0.05) is 300 Å². The Hall–Kier alpha value is -9.99. The highest BCUT2D eigenvalue weighted by molar-refractivity contribution is 5.48. The zero-order chi connectivity index (χ0) is 86.9. The van der Waals surface area contributed by atoms with Crippen molar-refractivity contribution in [1.82, 2.24) is 15.0 Å². The summed E-state index contributed by atoms with van der Waals surface area (Å²) in [6.07, 6.45) is 9.48. The van der Waals surface area contributed by atoms with Crippen molar-refractivity contribution < 1.29 is 14.6 Å². The Bertz CT molecular complexity index is 3990. The fourth-order valence-corrected chi connectivity index (χ4v) is 10.3. The predicted octanol–water partition coefficient (Wildman–Crippen LogP) is 29.0. The van der Waals surface area contributed by atoms with Crippen LogP contribution in [0.2, 0.25) is 0 Å². The number of rotatable bonds is 12. The van der Waals surface area contributed by atoms with Crippen LogP contribution in [0.5, 0.6) is 17.2 Å². The number of anilines is 3. The normalized spacial score (nSPS) is 10.6.